The summed E-state index contributed by atoms with van der Waals surface area (Å²) in [4.78, 5) is 23.1. The molecular weight excluding hydrogens is 304 g/mol. The summed E-state index contributed by atoms with van der Waals surface area (Å²) in [7, 11) is 0. The van der Waals surface area contributed by atoms with E-state index in [-0.39, 0.29) is 12.0 Å². The van der Waals surface area contributed by atoms with Crippen LogP contribution < -0.4 is 10.6 Å². The first kappa shape index (κ1) is 16.1. The van der Waals surface area contributed by atoms with E-state index in [4.69, 9.17) is 4.74 Å². The predicted molar refractivity (Wildman–Crippen MR) is 91.8 cm³/mol. The van der Waals surface area contributed by atoms with Crippen molar-refractivity contribution < 1.29 is 14.3 Å². The van der Waals surface area contributed by atoms with Gasteiger partial charge < -0.3 is 15.4 Å². The van der Waals surface area contributed by atoms with Crippen molar-refractivity contribution in [3.8, 4) is 0 Å². The van der Waals surface area contributed by atoms with E-state index >= 15 is 0 Å². The number of aryl methyl sites for hydroxylation is 2. The average Bonchev–Trinajstić information content (AvgIpc) is 3.00. The van der Waals surface area contributed by atoms with Crippen LogP contribution in [0.15, 0.2) is 48.5 Å². The van der Waals surface area contributed by atoms with Gasteiger partial charge in [0, 0.05) is 12.1 Å². The number of hydrogen-bond acceptors (Lipinski definition) is 3. The lowest BCUT2D eigenvalue weighted by Crippen LogP contribution is -2.13. The molecule has 0 radical (unpaired) electrons. The molecule has 3 rings (SSSR count). The van der Waals surface area contributed by atoms with Crippen LogP contribution in [-0.2, 0) is 16.0 Å². The second-order valence-electron chi connectivity index (χ2n) is 5.93. The number of carbonyl (C=O) groups excluding carboxylic acids is 2. The third-order valence-corrected chi connectivity index (χ3v) is 3.97. The highest BCUT2D eigenvalue weighted by atomic mass is 16.6. The van der Waals surface area contributed by atoms with Crippen molar-refractivity contribution in [3.05, 3.63) is 65.2 Å². The van der Waals surface area contributed by atoms with E-state index in [1.54, 1.807) is 0 Å². The third kappa shape index (κ3) is 4.13. The SMILES string of the molecule is Cc1cccc(CCC(=O)Nc2ccc(C3CNC(=O)O3)cc2)c1. The van der Waals surface area contributed by atoms with E-state index in [1.807, 2.05) is 49.4 Å². The van der Waals surface area contributed by atoms with Crippen molar-refractivity contribution in [2.75, 3.05) is 11.9 Å². The molecule has 1 atom stereocenters. The molecular formula is C19H20N2O3. The predicted octanol–water partition coefficient (Wildman–Crippen LogP) is 3.35. The number of benzene rings is 2. The normalized spacial score (nSPS) is 16.4. The number of nitrogens with one attached hydrogen (secondary N) is 2. The summed E-state index contributed by atoms with van der Waals surface area (Å²) in [5.41, 5.74) is 4.01. The van der Waals surface area contributed by atoms with E-state index in [1.165, 1.54) is 5.56 Å². The Morgan fingerprint density at radius 3 is 2.71 bits per heavy atom. The first-order chi connectivity index (χ1) is 11.6. The molecule has 2 N–H and O–H groups in total. The Morgan fingerprint density at radius 1 is 1.25 bits per heavy atom. The quantitative estimate of drug-likeness (QED) is 0.886. The van der Waals surface area contributed by atoms with Gasteiger partial charge in [-0.15, -0.1) is 0 Å². The highest BCUT2D eigenvalue weighted by Crippen LogP contribution is 2.22. The molecule has 0 bridgehead atoms. The third-order valence-electron chi connectivity index (χ3n) is 3.97. The molecule has 0 saturated carbocycles. The van der Waals surface area contributed by atoms with E-state index in [2.05, 4.69) is 16.7 Å². The Labute approximate surface area is 141 Å². The maximum absolute atomic E-state index is 12.1. The van der Waals surface area contributed by atoms with Crippen LogP contribution in [0.4, 0.5) is 10.5 Å². The number of amides is 2. The maximum atomic E-state index is 12.1. The first-order valence-electron chi connectivity index (χ1n) is 8.00. The lowest BCUT2D eigenvalue weighted by Gasteiger charge is -2.10. The standard InChI is InChI=1S/C19H20N2O3/c1-13-3-2-4-14(11-13)5-10-18(22)21-16-8-6-15(7-9-16)17-12-20-19(23)24-17/h2-4,6-9,11,17H,5,10,12H2,1H3,(H,20,23)(H,21,22). The van der Waals surface area contributed by atoms with Gasteiger partial charge in [0.2, 0.25) is 5.91 Å². The number of alkyl carbamates (subject to hydrolysis) is 1. The molecule has 24 heavy (non-hydrogen) atoms. The molecule has 1 unspecified atom stereocenters. The van der Waals surface area contributed by atoms with Gasteiger partial charge in [0.05, 0.1) is 6.54 Å². The molecule has 1 saturated heterocycles. The lowest BCUT2D eigenvalue weighted by molar-refractivity contribution is -0.116. The molecule has 2 aromatic carbocycles. The molecule has 0 aliphatic carbocycles. The second-order valence-corrected chi connectivity index (χ2v) is 5.93. The molecule has 2 aromatic rings. The number of carbonyl (C=O) groups is 2. The summed E-state index contributed by atoms with van der Waals surface area (Å²) in [5, 5.41) is 5.51. The number of rotatable bonds is 5. The van der Waals surface area contributed by atoms with Crippen LogP contribution in [0.3, 0.4) is 0 Å². The van der Waals surface area contributed by atoms with E-state index in [0.717, 1.165) is 23.2 Å². The molecule has 5 heteroatoms. The van der Waals surface area contributed by atoms with Crippen LogP contribution >= 0.6 is 0 Å². The maximum Gasteiger partial charge on any atom is 0.407 e. The minimum absolute atomic E-state index is 0.0155. The molecule has 0 aromatic heterocycles. The topological polar surface area (TPSA) is 67.4 Å². The van der Waals surface area contributed by atoms with Crippen molar-refractivity contribution in [1.82, 2.24) is 5.32 Å². The number of ether oxygens (including phenoxy) is 1. The zero-order valence-electron chi connectivity index (χ0n) is 13.5. The molecule has 1 aliphatic rings. The number of hydrogen-bond donors (Lipinski definition) is 2. The monoisotopic (exact) mass is 324 g/mol. The summed E-state index contributed by atoms with van der Waals surface area (Å²) in [6.45, 7) is 2.52. The van der Waals surface area contributed by atoms with Gasteiger partial charge in [-0.25, -0.2) is 4.79 Å². The van der Waals surface area contributed by atoms with Crippen LogP contribution in [0.1, 0.15) is 29.2 Å². The van der Waals surface area contributed by atoms with E-state index < -0.39 is 6.09 Å². The van der Waals surface area contributed by atoms with Crippen LogP contribution in [0.25, 0.3) is 0 Å². The first-order valence-corrected chi connectivity index (χ1v) is 8.00. The van der Waals surface area contributed by atoms with Gasteiger partial charge in [-0.1, -0.05) is 42.0 Å². The van der Waals surface area contributed by atoms with Crippen molar-refractivity contribution in [3.63, 3.8) is 0 Å². The van der Waals surface area contributed by atoms with Gasteiger partial charge in [-0.05, 0) is 36.6 Å². The minimum atomic E-state index is -0.395. The van der Waals surface area contributed by atoms with Crippen LogP contribution in [0.5, 0.6) is 0 Å². The summed E-state index contributed by atoms with van der Waals surface area (Å²) >= 11 is 0. The van der Waals surface area contributed by atoms with Gasteiger partial charge >= 0.3 is 6.09 Å². The summed E-state index contributed by atoms with van der Waals surface area (Å²) in [6.07, 6.45) is 0.502. The lowest BCUT2D eigenvalue weighted by atomic mass is 10.1. The Hall–Kier alpha value is -2.82. The van der Waals surface area contributed by atoms with E-state index in [9.17, 15) is 9.59 Å². The zero-order valence-corrected chi connectivity index (χ0v) is 13.5. The molecule has 124 valence electrons. The van der Waals surface area contributed by atoms with Gasteiger partial charge in [0.15, 0.2) is 0 Å². The summed E-state index contributed by atoms with van der Waals surface area (Å²) in [6, 6.07) is 15.6. The summed E-state index contributed by atoms with van der Waals surface area (Å²) < 4.78 is 5.13. The fourth-order valence-electron chi connectivity index (χ4n) is 2.70. The van der Waals surface area contributed by atoms with Crippen LogP contribution in [-0.4, -0.2) is 18.5 Å². The molecule has 1 heterocycles. The Balaban J connectivity index is 1.52. The average molecular weight is 324 g/mol. The van der Waals surface area contributed by atoms with Crippen molar-refractivity contribution in [2.45, 2.75) is 25.9 Å². The van der Waals surface area contributed by atoms with Crippen LogP contribution in [0, 0.1) is 6.92 Å². The zero-order chi connectivity index (χ0) is 16.9. The minimum Gasteiger partial charge on any atom is -0.439 e. The molecule has 1 aliphatic heterocycles. The second kappa shape index (κ2) is 7.17. The fourth-order valence-corrected chi connectivity index (χ4v) is 2.70. The largest absolute Gasteiger partial charge is 0.439 e. The smallest absolute Gasteiger partial charge is 0.407 e. The Kier molecular flexibility index (Phi) is 4.79. The van der Waals surface area contributed by atoms with Gasteiger partial charge in [0.1, 0.15) is 6.10 Å². The fraction of sp³-hybridized carbons (Fsp3) is 0.263. The van der Waals surface area contributed by atoms with Crippen molar-refractivity contribution >= 4 is 17.7 Å². The van der Waals surface area contributed by atoms with Gasteiger partial charge in [0.25, 0.3) is 0 Å². The van der Waals surface area contributed by atoms with Crippen molar-refractivity contribution in [1.29, 1.82) is 0 Å². The van der Waals surface area contributed by atoms with Gasteiger partial charge in [-0.2, -0.15) is 0 Å². The van der Waals surface area contributed by atoms with E-state index in [0.29, 0.717) is 13.0 Å². The van der Waals surface area contributed by atoms with Crippen LogP contribution in [0.2, 0.25) is 0 Å². The Bertz CT molecular complexity index is 741. The molecule has 2 amide bonds. The van der Waals surface area contributed by atoms with Crippen molar-refractivity contribution in [2.24, 2.45) is 0 Å². The number of cyclic esters (lactones) is 1. The molecule has 5 nitrogen and oxygen atoms in total. The highest BCUT2D eigenvalue weighted by molar-refractivity contribution is 5.90. The summed E-state index contributed by atoms with van der Waals surface area (Å²) in [5.74, 6) is -0.0155. The van der Waals surface area contributed by atoms with Gasteiger partial charge in [-0.3, -0.25) is 4.79 Å². The Morgan fingerprint density at radius 2 is 2.04 bits per heavy atom. The molecule has 0 spiro atoms. The highest BCUT2D eigenvalue weighted by Gasteiger charge is 2.23. The number of anilines is 1. The molecule has 1 fully saturated rings.